The number of nitrogens with two attached hydrogens (primary N) is 1. The van der Waals surface area contributed by atoms with Crippen LogP contribution in [0.1, 0.15) is 5.56 Å². The van der Waals surface area contributed by atoms with Crippen molar-refractivity contribution in [2.45, 2.75) is 11.8 Å². The third-order valence-electron chi connectivity index (χ3n) is 2.71. The summed E-state index contributed by atoms with van der Waals surface area (Å²) in [5.41, 5.74) is 6.42. The summed E-state index contributed by atoms with van der Waals surface area (Å²) < 4.78 is 40.9. The molecule has 0 aliphatic rings. The lowest BCUT2D eigenvalue weighted by Gasteiger charge is -2.12. The number of aryl methyl sites for hydroxylation is 1. The van der Waals surface area contributed by atoms with E-state index in [2.05, 4.69) is 20.7 Å². The normalized spacial score (nSPS) is 11.4. The highest BCUT2D eigenvalue weighted by atomic mass is 79.9. The summed E-state index contributed by atoms with van der Waals surface area (Å²) in [7, 11) is -3.98. The Balaban J connectivity index is 2.46. The Labute approximate surface area is 135 Å². The summed E-state index contributed by atoms with van der Waals surface area (Å²) >= 11 is 9.06. The van der Waals surface area contributed by atoms with Crippen molar-refractivity contribution >= 4 is 48.9 Å². The van der Waals surface area contributed by atoms with Gasteiger partial charge in [-0.2, -0.15) is 0 Å². The molecule has 0 amide bonds. The molecular formula is C13H11BrClFN2O2S. The maximum absolute atomic E-state index is 13.3. The fourth-order valence-electron chi connectivity index (χ4n) is 1.65. The summed E-state index contributed by atoms with van der Waals surface area (Å²) in [5.74, 6) is -0.768. The minimum atomic E-state index is -3.98. The van der Waals surface area contributed by atoms with Crippen LogP contribution < -0.4 is 10.5 Å². The fraction of sp³-hybridized carbons (Fsp3) is 0.0769. The zero-order chi connectivity index (χ0) is 15.8. The molecule has 0 unspecified atom stereocenters. The molecule has 0 atom stereocenters. The van der Waals surface area contributed by atoms with Crippen LogP contribution in [0.2, 0.25) is 5.02 Å². The number of nitrogen functional groups attached to an aromatic ring is 1. The van der Waals surface area contributed by atoms with E-state index in [1.54, 1.807) is 18.2 Å². The summed E-state index contributed by atoms with van der Waals surface area (Å²) in [5, 5.41) is -0.238. The number of hydrogen-bond acceptors (Lipinski definition) is 3. The second-order valence-electron chi connectivity index (χ2n) is 4.39. The van der Waals surface area contributed by atoms with Crippen molar-refractivity contribution in [1.82, 2.24) is 0 Å². The number of benzene rings is 2. The Morgan fingerprint density at radius 2 is 1.95 bits per heavy atom. The van der Waals surface area contributed by atoms with E-state index in [0.29, 0.717) is 10.2 Å². The molecule has 4 nitrogen and oxygen atoms in total. The zero-order valence-electron chi connectivity index (χ0n) is 10.8. The molecule has 2 aromatic carbocycles. The first-order chi connectivity index (χ1) is 9.70. The molecule has 0 saturated heterocycles. The van der Waals surface area contributed by atoms with E-state index >= 15 is 0 Å². The molecule has 0 saturated carbocycles. The average molecular weight is 394 g/mol. The standard InChI is InChI=1S/C13H11BrClFN2O2S/c1-7-2-3-12(8(14)4-7)18-21(19,20)13-6-11(17)10(16)5-9(13)15/h2-6,18H,17H2,1H3. The summed E-state index contributed by atoms with van der Waals surface area (Å²) in [6.07, 6.45) is 0. The predicted molar refractivity (Wildman–Crippen MR) is 85.5 cm³/mol. The first-order valence-electron chi connectivity index (χ1n) is 5.74. The van der Waals surface area contributed by atoms with Crippen molar-refractivity contribution < 1.29 is 12.8 Å². The van der Waals surface area contributed by atoms with Gasteiger partial charge in [0.05, 0.1) is 16.4 Å². The lowest BCUT2D eigenvalue weighted by molar-refractivity contribution is 0.600. The minimum absolute atomic E-state index is 0.238. The summed E-state index contributed by atoms with van der Waals surface area (Å²) in [4.78, 5) is -0.282. The smallest absolute Gasteiger partial charge is 0.263 e. The van der Waals surface area contributed by atoms with Gasteiger partial charge in [-0.15, -0.1) is 0 Å². The molecule has 0 aromatic heterocycles. The average Bonchev–Trinajstić information content (AvgIpc) is 2.37. The molecule has 21 heavy (non-hydrogen) atoms. The van der Waals surface area contributed by atoms with Crippen LogP contribution in [-0.2, 0) is 10.0 Å². The van der Waals surface area contributed by atoms with Gasteiger partial charge in [-0.1, -0.05) is 17.7 Å². The molecule has 3 N–H and O–H groups in total. The third-order valence-corrected chi connectivity index (χ3v) is 5.20. The zero-order valence-corrected chi connectivity index (χ0v) is 14.0. The Kier molecular flexibility index (Phi) is 4.46. The largest absolute Gasteiger partial charge is 0.396 e. The van der Waals surface area contributed by atoms with Gasteiger partial charge in [0.2, 0.25) is 0 Å². The van der Waals surface area contributed by atoms with Crippen molar-refractivity contribution in [1.29, 1.82) is 0 Å². The van der Waals surface area contributed by atoms with Crippen molar-refractivity contribution in [3.8, 4) is 0 Å². The molecule has 0 heterocycles. The van der Waals surface area contributed by atoms with E-state index < -0.39 is 15.8 Å². The van der Waals surface area contributed by atoms with Crippen molar-refractivity contribution in [3.63, 3.8) is 0 Å². The van der Waals surface area contributed by atoms with Crippen molar-refractivity contribution in [2.75, 3.05) is 10.5 Å². The molecule has 0 radical (unpaired) electrons. The van der Waals surface area contributed by atoms with Crippen LogP contribution in [0, 0.1) is 12.7 Å². The Bertz CT molecular complexity index is 812. The van der Waals surface area contributed by atoms with Crippen LogP contribution in [0.5, 0.6) is 0 Å². The van der Waals surface area contributed by atoms with Crippen LogP contribution in [0.15, 0.2) is 39.7 Å². The number of anilines is 2. The van der Waals surface area contributed by atoms with E-state index in [1.165, 1.54) is 0 Å². The number of hydrogen-bond donors (Lipinski definition) is 2. The third kappa shape index (κ3) is 3.48. The number of sulfonamides is 1. The monoisotopic (exact) mass is 392 g/mol. The molecule has 8 heteroatoms. The lowest BCUT2D eigenvalue weighted by Crippen LogP contribution is -2.14. The van der Waals surface area contributed by atoms with Gasteiger partial charge in [0.1, 0.15) is 10.7 Å². The topological polar surface area (TPSA) is 72.2 Å². The minimum Gasteiger partial charge on any atom is -0.396 e. The van der Waals surface area contributed by atoms with Crippen molar-refractivity contribution in [3.05, 3.63) is 51.2 Å². The van der Waals surface area contributed by atoms with Gasteiger partial charge >= 0.3 is 0 Å². The van der Waals surface area contributed by atoms with Gasteiger partial charge in [-0.25, -0.2) is 12.8 Å². The highest BCUT2D eigenvalue weighted by Crippen LogP contribution is 2.30. The maximum Gasteiger partial charge on any atom is 0.263 e. The molecule has 2 aromatic rings. The van der Waals surface area contributed by atoms with Gasteiger partial charge in [0.25, 0.3) is 10.0 Å². The molecule has 0 aliphatic heterocycles. The van der Waals surface area contributed by atoms with Gasteiger partial charge in [-0.3, -0.25) is 4.72 Å². The number of rotatable bonds is 3. The van der Waals surface area contributed by atoms with Crippen LogP contribution in [0.3, 0.4) is 0 Å². The number of halogens is 3. The SMILES string of the molecule is Cc1ccc(NS(=O)(=O)c2cc(N)c(F)cc2Cl)c(Br)c1. The van der Waals surface area contributed by atoms with E-state index in [-0.39, 0.29) is 15.6 Å². The lowest BCUT2D eigenvalue weighted by atomic mass is 10.2. The molecule has 112 valence electrons. The van der Waals surface area contributed by atoms with E-state index in [1.807, 2.05) is 6.92 Å². The van der Waals surface area contributed by atoms with Gasteiger partial charge in [-0.05, 0) is 52.7 Å². The molecule has 0 fully saturated rings. The summed E-state index contributed by atoms with van der Waals surface area (Å²) in [6.45, 7) is 1.88. The van der Waals surface area contributed by atoms with Crippen LogP contribution >= 0.6 is 27.5 Å². The fourth-order valence-corrected chi connectivity index (χ4v) is 4.01. The Morgan fingerprint density at radius 1 is 1.29 bits per heavy atom. The molecule has 0 bridgehead atoms. The summed E-state index contributed by atoms with van der Waals surface area (Å²) in [6, 6.07) is 6.98. The second-order valence-corrected chi connectivity index (χ2v) is 7.31. The molecule has 0 aliphatic carbocycles. The first kappa shape index (κ1) is 16.1. The van der Waals surface area contributed by atoms with E-state index in [4.69, 9.17) is 17.3 Å². The van der Waals surface area contributed by atoms with Crippen molar-refractivity contribution in [2.24, 2.45) is 0 Å². The van der Waals surface area contributed by atoms with E-state index in [9.17, 15) is 12.8 Å². The van der Waals surface area contributed by atoms with Gasteiger partial charge in [0, 0.05) is 4.47 Å². The molecule has 0 spiro atoms. The number of nitrogens with one attached hydrogen (secondary N) is 1. The van der Waals surface area contributed by atoms with Gasteiger partial charge in [0.15, 0.2) is 0 Å². The highest BCUT2D eigenvalue weighted by molar-refractivity contribution is 9.10. The van der Waals surface area contributed by atoms with Crippen LogP contribution in [-0.4, -0.2) is 8.42 Å². The highest BCUT2D eigenvalue weighted by Gasteiger charge is 2.21. The van der Waals surface area contributed by atoms with Crippen LogP contribution in [0.25, 0.3) is 0 Å². The molecule has 2 rings (SSSR count). The first-order valence-corrected chi connectivity index (χ1v) is 8.39. The Morgan fingerprint density at radius 3 is 2.57 bits per heavy atom. The maximum atomic E-state index is 13.3. The van der Waals surface area contributed by atoms with Crippen LogP contribution in [0.4, 0.5) is 15.8 Å². The second kappa shape index (κ2) is 5.82. The predicted octanol–water partition coefficient (Wildman–Crippen LogP) is 3.93. The Hall–Kier alpha value is -1.31. The van der Waals surface area contributed by atoms with Gasteiger partial charge < -0.3 is 5.73 Å². The van der Waals surface area contributed by atoms with E-state index in [0.717, 1.165) is 17.7 Å². The quantitative estimate of drug-likeness (QED) is 0.776. The molecular weight excluding hydrogens is 383 g/mol.